The Morgan fingerprint density at radius 1 is 0.533 bits per heavy atom. The van der Waals surface area contributed by atoms with Crippen LogP contribution in [0.25, 0.3) is 0 Å². The van der Waals surface area contributed by atoms with Crippen LogP contribution in [-0.4, -0.2) is 6.04 Å². The summed E-state index contributed by atoms with van der Waals surface area (Å²) in [5, 5.41) is 0. The second-order valence-corrected chi connectivity index (χ2v) is 9.87. The Hall–Kier alpha value is -0.560. The topological polar surface area (TPSA) is 26.0 Å². The van der Waals surface area contributed by atoms with Gasteiger partial charge in [-0.05, 0) is 50.9 Å². The lowest BCUT2D eigenvalue weighted by Gasteiger charge is -2.11. The van der Waals surface area contributed by atoms with Crippen molar-refractivity contribution in [2.24, 2.45) is 11.7 Å². The number of nitrogens with two attached hydrogens (primary N) is 1. The maximum Gasteiger partial charge on any atom is 0.00388 e. The molecule has 0 rings (SSSR count). The third-order valence-corrected chi connectivity index (χ3v) is 6.13. The molecule has 0 aliphatic carbocycles. The highest BCUT2D eigenvalue weighted by molar-refractivity contribution is 4.92. The highest BCUT2D eigenvalue weighted by Gasteiger charge is 2.02. The minimum absolute atomic E-state index is 0.452. The summed E-state index contributed by atoms with van der Waals surface area (Å²) in [7, 11) is 0. The maximum atomic E-state index is 6.29. The van der Waals surface area contributed by atoms with Crippen LogP contribution in [0.4, 0.5) is 0 Å². The van der Waals surface area contributed by atoms with Gasteiger partial charge in [0.2, 0.25) is 0 Å². The lowest BCUT2D eigenvalue weighted by Crippen LogP contribution is -2.19. The van der Waals surface area contributed by atoms with E-state index in [-0.39, 0.29) is 0 Å². The van der Waals surface area contributed by atoms with Gasteiger partial charge in [0.05, 0.1) is 0 Å². The lowest BCUT2D eigenvalue weighted by molar-refractivity contribution is 0.472. The van der Waals surface area contributed by atoms with E-state index < -0.39 is 0 Å². The minimum Gasteiger partial charge on any atom is -0.328 e. The molecule has 0 fully saturated rings. The zero-order valence-electron chi connectivity index (χ0n) is 21.2. The van der Waals surface area contributed by atoms with Crippen LogP contribution >= 0.6 is 0 Å². The molecule has 178 valence electrons. The molecule has 30 heavy (non-hydrogen) atoms. The van der Waals surface area contributed by atoms with Crippen molar-refractivity contribution < 1.29 is 0 Å². The maximum absolute atomic E-state index is 6.29. The summed E-state index contributed by atoms with van der Waals surface area (Å²) in [6, 6.07) is 0.452. The van der Waals surface area contributed by atoms with Crippen molar-refractivity contribution in [2.45, 2.75) is 155 Å². The average Bonchev–Trinajstić information content (AvgIpc) is 2.72. The normalized spacial score (nSPS) is 13.2. The molecule has 0 aliphatic rings. The lowest BCUT2D eigenvalue weighted by atomic mass is 9.99. The highest BCUT2D eigenvalue weighted by Crippen LogP contribution is 2.14. The van der Waals surface area contributed by atoms with Crippen molar-refractivity contribution in [1.29, 1.82) is 0 Å². The van der Waals surface area contributed by atoms with Gasteiger partial charge < -0.3 is 5.73 Å². The molecule has 1 nitrogen and oxygen atoms in total. The van der Waals surface area contributed by atoms with Crippen molar-refractivity contribution in [3.8, 4) is 0 Å². The zero-order valence-corrected chi connectivity index (χ0v) is 21.2. The van der Waals surface area contributed by atoms with E-state index in [0.717, 1.165) is 12.3 Å². The number of rotatable bonds is 23. The summed E-state index contributed by atoms with van der Waals surface area (Å²) in [6.07, 6.45) is 36.1. The summed E-state index contributed by atoms with van der Waals surface area (Å²) >= 11 is 0. The Bertz CT molecular complexity index is 369. The quantitative estimate of drug-likeness (QED) is 0.129. The van der Waals surface area contributed by atoms with E-state index in [1.807, 2.05) is 0 Å². The zero-order chi connectivity index (χ0) is 22.1. The average molecular weight is 420 g/mol. The van der Waals surface area contributed by atoms with Crippen LogP contribution in [0.1, 0.15) is 149 Å². The summed E-state index contributed by atoms with van der Waals surface area (Å²) in [5.74, 6) is 0.862. The third-order valence-electron chi connectivity index (χ3n) is 6.13. The Balaban J connectivity index is 3.24. The number of allylic oxidation sites excluding steroid dienone is 4. The molecule has 0 bridgehead atoms. The van der Waals surface area contributed by atoms with Gasteiger partial charge >= 0.3 is 0 Å². The van der Waals surface area contributed by atoms with E-state index in [1.165, 1.54) is 122 Å². The van der Waals surface area contributed by atoms with E-state index in [9.17, 15) is 0 Å². The van der Waals surface area contributed by atoms with Gasteiger partial charge in [0.15, 0.2) is 0 Å². The van der Waals surface area contributed by atoms with E-state index in [1.54, 1.807) is 0 Å². The number of hydrogen-bond acceptors (Lipinski definition) is 1. The van der Waals surface area contributed by atoms with Crippen LogP contribution in [0.15, 0.2) is 24.3 Å². The van der Waals surface area contributed by atoms with Gasteiger partial charge in [0.1, 0.15) is 0 Å². The van der Waals surface area contributed by atoms with Gasteiger partial charge in [0.25, 0.3) is 0 Å². The largest absolute Gasteiger partial charge is 0.328 e. The SMILES string of the molecule is CCCCCC=CCC=CCCCCCCCCCC(N)CCCCCCC(C)C. The van der Waals surface area contributed by atoms with Crippen LogP contribution < -0.4 is 5.73 Å². The van der Waals surface area contributed by atoms with Crippen molar-refractivity contribution in [2.75, 3.05) is 0 Å². The van der Waals surface area contributed by atoms with Crippen molar-refractivity contribution in [3.63, 3.8) is 0 Å². The van der Waals surface area contributed by atoms with Gasteiger partial charge in [-0.15, -0.1) is 0 Å². The highest BCUT2D eigenvalue weighted by atomic mass is 14.6. The van der Waals surface area contributed by atoms with E-state index in [0.29, 0.717) is 6.04 Å². The Morgan fingerprint density at radius 3 is 1.47 bits per heavy atom. The van der Waals surface area contributed by atoms with Crippen molar-refractivity contribution in [3.05, 3.63) is 24.3 Å². The minimum atomic E-state index is 0.452. The number of hydrogen-bond donors (Lipinski definition) is 1. The molecule has 0 amide bonds. The molecular weight excluding hydrogens is 362 g/mol. The van der Waals surface area contributed by atoms with Gasteiger partial charge in [0, 0.05) is 6.04 Å². The molecule has 0 saturated carbocycles. The summed E-state index contributed by atoms with van der Waals surface area (Å²) in [4.78, 5) is 0. The fraction of sp³-hybridized carbons (Fsp3) is 0.862. The molecule has 0 heterocycles. The molecule has 0 aromatic rings. The standard InChI is InChI=1S/C29H57N/c1-4-5-6-7-8-9-10-11-12-13-14-15-16-17-18-19-23-26-29(30)27-24-21-20-22-25-28(2)3/h8-9,11-12,28-29H,4-7,10,13-27,30H2,1-3H3. The molecule has 0 aromatic carbocycles. The fourth-order valence-corrected chi connectivity index (χ4v) is 4.03. The first-order valence-corrected chi connectivity index (χ1v) is 13.7. The van der Waals surface area contributed by atoms with E-state index in [4.69, 9.17) is 5.73 Å². The van der Waals surface area contributed by atoms with Gasteiger partial charge in [-0.2, -0.15) is 0 Å². The van der Waals surface area contributed by atoms with Crippen LogP contribution in [0, 0.1) is 5.92 Å². The molecule has 1 unspecified atom stereocenters. The Kier molecular flexibility index (Phi) is 24.2. The second kappa shape index (κ2) is 24.7. The second-order valence-electron chi connectivity index (χ2n) is 9.87. The first kappa shape index (κ1) is 29.4. The van der Waals surface area contributed by atoms with Crippen molar-refractivity contribution >= 4 is 0 Å². The first-order valence-electron chi connectivity index (χ1n) is 13.7. The van der Waals surface area contributed by atoms with Crippen LogP contribution in [-0.2, 0) is 0 Å². The van der Waals surface area contributed by atoms with Crippen LogP contribution in [0.2, 0.25) is 0 Å². The Labute approximate surface area is 191 Å². The fourth-order valence-electron chi connectivity index (χ4n) is 4.03. The van der Waals surface area contributed by atoms with Crippen LogP contribution in [0.5, 0.6) is 0 Å². The predicted molar refractivity (Wildman–Crippen MR) is 139 cm³/mol. The van der Waals surface area contributed by atoms with Crippen molar-refractivity contribution in [1.82, 2.24) is 0 Å². The molecule has 0 spiro atoms. The smallest absolute Gasteiger partial charge is 0.00388 e. The molecular formula is C29H57N. The molecule has 1 heteroatoms. The monoisotopic (exact) mass is 419 g/mol. The summed E-state index contributed by atoms with van der Waals surface area (Å²) in [5.41, 5.74) is 6.29. The number of unbranched alkanes of at least 4 members (excludes halogenated alkanes) is 13. The molecule has 2 N–H and O–H groups in total. The third kappa shape index (κ3) is 25.5. The van der Waals surface area contributed by atoms with Crippen LogP contribution in [0.3, 0.4) is 0 Å². The molecule has 0 radical (unpaired) electrons. The molecule has 0 aliphatic heterocycles. The first-order chi connectivity index (χ1) is 14.7. The predicted octanol–water partition coefficient (Wildman–Crippen LogP) is 9.90. The molecule has 0 saturated heterocycles. The van der Waals surface area contributed by atoms with Gasteiger partial charge in [-0.25, -0.2) is 0 Å². The van der Waals surface area contributed by atoms with Gasteiger partial charge in [-0.3, -0.25) is 0 Å². The van der Waals surface area contributed by atoms with Gasteiger partial charge in [-0.1, -0.05) is 129 Å². The molecule has 1 atom stereocenters. The summed E-state index contributed by atoms with van der Waals surface area (Å²) < 4.78 is 0. The Morgan fingerprint density at radius 2 is 0.967 bits per heavy atom. The molecule has 0 aromatic heterocycles. The summed E-state index contributed by atoms with van der Waals surface area (Å²) in [6.45, 7) is 6.91. The van der Waals surface area contributed by atoms with E-state index >= 15 is 0 Å². The van der Waals surface area contributed by atoms with E-state index in [2.05, 4.69) is 45.1 Å².